The van der Waals surface area contributed by atoms with Crippen LogP contribution in [0.4, 0.5) is 4.39 Å². The molecule has 0 aromatic heterocycles. The number of benzene rings is 2. The predicted molar refractivity (Wildman–Crippen MR) is 101 cm³/mol. The summed E-state index contributed by atoms with van der Waals surface area (Å²) in [7, 11) is -0.652. The minimum atomic E-state index is -3.76. The van der Waals surface area contributed by atoms with Crippen LogP contribution < -0.4 is 0 Å². The smallest absolute Gasteiger partial charge is 0.285 e. The normalized spacial score (nSPS) is 14.4. The Morgan fingerprint density at radius 3 is 2.56 bits per heavy atom. The Labute approximate surface area is 161 Å². The predicted octanol–water partition coefficient (Wildman–Crippen LogP) is 2.52. The van der Waals surface area contributed by atoms with Crippen molar-refractivity contribution in [1.29, 1.82) is 0 Å². The van der Waals surface area contributed by atoms with Crippen molar-refractivity contribution >= 4 is 33.4 Å². The summed E-state index contributed by atoms with van der Waals surface area (Å²) in [6.45, 7) is -0.120. The number of carbonyl (C=O) groups is 1. The summed E-state index contributed by atoms with van der Waals surface area (Å²) in [6.07, 6.45) is 0. The number of amidine groups is 1. The third kappa shape index (κ3) is 3.81. The number of likely N-dealkylation sites (N-methyl/N-ethyl adjacent to an activating group) is 2. The molecule has 1 amide bonds. The standard InChI is InChI=1S/C18H17ClFN3O3S/c1-22(10-13-14(19)7-5-8-15(13)20)17(24)11-23(2)18-12-6-3-4-9-16(12)27(25,26)21-18/h3-9H,10-11H2,1-2H3. The third-order valence-corrected chi connectivity index (χ3v) is 5.91. The molecule has 1 aliphatic rings. The van der Waals surface area contributed by atoms with Gasteiger partial charge in [0.05, 0.1) is 6.54 Å². The second-order valence-electron chi connectivity index (χ2n) is 6.19. The zero-order valence-corrected chi connectivity index (χ0v) is 16.3. The van der Waals surface area contributed by atoms with Gasteiger partial charge in [-0.2, -0.15) is 8.42 Å². The molecule has 0 N–H and O–H groups in total. The van der Waals surface area contributed by atoms with Gasteiger partial charge in [0, 0.05) is 36.8 Å². The summed E-state index contributed by atoms with van der Waals surface area (Å²) < 4.78 is 42.0. The number of rotatable bonds is 4. The quantitative estimate of drug-likeness (QED) is 0.778. The number of hydrogen-bond donors (Lipinski definition) is 0. The van der Waals surface area contributed by atoms with Crippen LogP contribution in [0.3, 0.4) is 0 Å². The van der Waals surface area contributed by atoms with Crippen LogP contribution in [0.5, 0.6) is 0 Å². The van der Waals surface area contributed by atoms with E-state index in [4.69, 9.17) is 11.6 Å². The fraction of sp³-hybridized carbons (Fsp3) is 0.222. The first-order valence-electron chi connectivity index (χ1n) is 8.03. The Hall–Kier alpha value is -2.45. The van der Waals surface area contributed by atoms with Crippen LogP contribution in [0.1, 0.15) is 11.1 Å². The number of amides is 1. The molecule has 27 heavy (non-hydrogen) atoms. The lowest BCUT2D eigenvalue weighted by Gasteiger charge is -2.23. The maximum atomic E-state index is 13.9. The van der Waals surface area contributed by atoms with Gasteiger partial charge in [0.2, 0.25) is 5.91 Å². The van der Waals surface area contributed by atoms with Crippen LogP contribution in [0, 0.1) is 5.82 Å². The molecule has 2 aromatic rings. The zero-order chi connectivity index (χ0) is 19.8. The molecule has 0 atom stereocenters. The van der Waals surface area contributed by atoms with Crippen LogP contribution in [-0.4, -0.2) is 50.6 Å². The molecule has 142 valence electrons. The van der Waals surface area contributed by atoms with Gasteiger partial charge in [-0.3, -0.25) is 4.79 Å². The van der Waals surface area contributed by atoms with Crippen molar-refractivity contribution < 1.29 is 17.6 Å². The molecule has 0 fully saturated rings. The lowest BCUT2D eigenvalue weighted by molar-refractivity contribution is -0.130. The van der Waals surface area contributed by atoms with Gasteiger partial charge in [0.25, 0.3) is 10.0 Å². The van der Waals surface area contributed by atoms with Gasteiger partial charge in [-0.1, -0.05) is 29.8 Å². The van der Waals surface area contributed by atoms with E-state index in [9.17, 15) is 17.6 Å². The van der Waals surface area contributed by atoms with E-state index in [1.165, 1.54) is 35.0 Å². The van der Waals surface area contributed by atoms with E-state index in [-0.39, 0.29) is 40.3 Å². The highest BCUT2D eigenvalue weighted by Crippen LogP contribution is 2.27. The molecule has 0 aliphatic carbocycles. The topological polar surface area (TPSA) is 70.1 Å². The molecule has 0 spiro atoms. The fourth-order valence-corrected chi connectivity index (χ4v) is 4.25. The van der Waals surface area contributed by atoms with Crippen molar-refractivity contribution in [2.75, 3.05) is 20.6 Å². The van der Waals surface area contributed by atoms with Crippen molar-refractivity contribution in [1.82, 2.24) is 9.80 Å². The molecular weight excluding hydrogens is 393 g/mol. The number of nitrogens with zero attached hydrogens (tertiary/aromatic N) is 3. The van der Waals surface area contributed by atoms with E-state index in [1.807, 2.05) is 0 Å². The summed E-state index contributed by atoms with van der Waals surface area (Å²) in [5.74, 6) is -0.617. The Bertz CT molecular complexity index is 1020. The van der Waals surface area contributed by atoms with E-state index in [0.29, 0.717) is 5.56 Å². The third-order valence-electron chi connectivity index (χ3n) is 4.23. The molecule has 2 aromatic carbocycles. The maximum Gasteiger partial charge on any atom is 0.285 e. The number of carbonyl (C=O) groups excluding carboxylic acids is 1. The van der Waals surface area contributed by atoms with E-state index in [0.717, 1.165) is 0 Å². The van der Waals surface area contributed by atoms with Crippen molar-refractivity contribution in [2.45, 2.75) is 11.4 Å². The lowest BCUT2D eigenvalue weighted by atomic mass is 10.2. The molecule has 9 heteroatoms. The highest BCUT2D eigenvalue weighted by atomic mass is 35.5. The van der Waals surface area contributed by atoms with Gasteiger partial charge in [-0.15, -0.1) is 4.40 Å². The maximum absolute atomic E-state index is 13.9. The number of sulfonamides is 1. The minimum Gasteiger partial charge on any atom is -0.349 e. The van der Waals surface area contributed by atoms with Gasteiger partial charge in [-0.05, 0) is 24.3 Å². The lowest BCUT2D eigenvalue weighted by Crippen LogP contribution is -2.39. The molecule has 0 saturated carbocycles. The summed E-state index contributed by atoms with van der Waals surface area (Å²) in [5, 5.41) is 0.239. The van der Waals surface area contributed by atoms with Crippen molar-refractivity contribution in [3.05, 3.63) is 64.4 Å². The van der Waals surface area contributed by atoms with Crippen LogP contribution in [0.2, 0.25) is 5.02 Å². The van der Waals surface area contributed by atoms with Crippen LogP contribution in [-0.2, 0) is 21.4 Å². The van der Waals surface area contributed by atoms with Crippen molar-refractivity contribution in [3.8, 4) is 0 Å². The molecular formula is C18H17ClFN3O3S. The molecule has 0 saturated heterocycles. The SMILES string of the molecule is CN(Cc1c(F)cccc1Cl)C(=O)CN(C)C1=NS(=O)(=O)c2ccccc21. The number of halogens is 2. The Morgan fingerprint density at radius 1 is 1.15 bits per heavy atom. The van der Waals surface area contributed by atoms with Crippen LogP contribution in [0.15, 0.2) is 51.8 Å². The molecule has 1 heterocycles. The largest absolute Gasteiger partial charge is 0.349 e. The van der Waals surface area contributed by atoms with Crippen LogP contribution in [0.25, 0.3) is 0 Å². The second kappa shape index (κ2) is 7.28. The average Bonchev–Trinajstić information content (AvgIpc) is 2.90. The Balaban J connectivity index is 1.75. The van der Waals surface area contributed by atoms with Crippen molar-refractivity contribution in [3.63, 3.8) is 0 Å². The van der Waals surface area contributed by atoms with E-state index in [1.54, 1.807) is 31.3 Å². The zero-order valence-electron chi connectivity index (χ0n) is 14.7. The van der Waals surface area contributed by atoms with E-state index < -0.39 is 15.8 Å². The molecule has 3 rings (SSSR count). The van der Waals surface area contributed by atoms with Gasteiger partial charge in [0.15, 0.2) is 5.84 Å². The first-order valence-corrected chi connectivity index (χ1v) is 9.85. The summed E-state index contributed by atoms with van der Waals surface area (Å²) in [5.41, 5.74) is 0.677. The van der Waals surface area contributed by atoms with Gasteiger partial charge >= 0.3 is 0 Å². The minimum absolute atomic E-state index is 0.000455. The number of hydrogen-bond acceptors (Lipinski definition) is 4. The molecule has 0 unspecified atom stereocenters. The van der Waals surface area contributed by atoms with Gasteiger partial charge < -0.3 is 9.80 Å². The van der Waals surface area contributed by atoms with Gasteiger partial charge in [0.1, 0.15) is 10.7 Å². The Kier molecular flexibility index (Phi) is 5.21. The fourth-order valence-electron chi connectivity index (χ4n) is 2.77. The highest BCUT2D eigenvalue weighted by molar-refractivity contribution is 7.90. The van der Waals surface area contributed by atoms with Crippen molar-refractivity contribution in [2.24, 2.45) is 4.40 Å². The first kappa shape index (κ1) is 19.3. The second-order valence-corrected chi connectivity index (χ2v) is 8.17. The molecule has 1 aliphatic heterocycles. The highest BCUT2D eigenvalue weighted by Gasteiger charge is 2.31. The molecule has 6 nitrogen and oxygen atoms in total. The molecule has 0 bridgehead atoms. The first-order chi connectivity index (χ1) is 12.7. The summed E-state index contributed by atoms with van der Waals surface area (Å²) in [4.78, 5) is 15.4. The summed E-state index contributed by atoms with van der Waals surface area (Å²) in [6, 6.07) is 10.8. The van der Waals surface area contributed by atoms with Crippen LogP contribution >= 0.6 is 11.6 Å². The molecule has 0 radical (unpaired) electrons. The Morgan fingerprint density at radius 2 is 1.85 bits per heavy atom. The van der Waals surface area contributed by atoms with Gasteiger partial charge in [-0.25, -0.2) is 4.39 Å². The van der Waals surface area contributed by atoms with E-state index >= 15 is 0 Å². The number of fused-ring (bicyclic) bond motifs is 1. The average molecular weight is 410 g/mol. The van der Waals surface area contributed by atoms with E-state index in [2.05, 4.69) is 4.40 Å². The monoisotopic (exact) mass is 409 g/mol. The summed E-state index contributed by atoms with van der Waals surface area (Å²) >= 11 is 6.00.